The zero-order valence-corrected chi connectivity index (χ0v) is 52.3. The molecule has 0 amide bonds. The van der Waals surface area contributed by atoms with Gasteiger partial charge in [-0.05, 0) is 125 Å². The van der Waals surface area contributed by atoms with Crippen LogP contribution < -0.4 is 0 Å². The fraction of sp³-hybridized carbons (Fsp3) is 0.135. The average Bonchev–Trinajstić information content (AvgIpc) is 3.83. The van der Waals surface area contributed by atoms with Crippen molar-refractivity contribution in [2.24, 2.45) is 0 Å². The molecule has 0 fully saturated rings. The van der Waals surface area contributed by atoms with Crippen molar-refractivity contribution in [1.82, 2.24) is 0 Å². The monoisotopic (exact) mass is 1250 g/mol. The maximum Gasteiger partial charge on any atom is 0.303 e. The van der Waals surface area contributed by atoms with Gasteiger partial charge in [0.25, 0.3) is 0 Å². The van der Waals surface area contributed by atoms with Gasteiger partial charge in [0.05, 0.1) is 11.1 Å². The van der Waals surface area contributed by atoms with Crippen LogP contribution in [0.15, 0.2) is 237 Å². The van der Waals surface area contributed by atoms with Crippen LogP contribution >= 0.6 is 58.8 Å². The highest BCUT2D eigenvalue weighted by molar-refractivity contribution is 7.99. The number of fused-ring (bicyclic) bond motifs is 10. The first kappa shape index (κ1) is 61.6. The van der Waals surface area contributed by atoms with Gasteiger partial charge >= 0.3 is 5.97 Å². The number of carbonyl (C=O) groups excluding carboxylic acids is 4. The zero-order valence-electron chi connectivity index (χ0n) is 48.2. The summed E-state index contributed by atoms with van der Waals surface area (Å²) >= 11 is 8.45. The molecule has 8 nitrogen and oxygen atoms in total. The molecule has 0 bridgehead atoms. The molecule has 88 heavy (non-hydrogen) atoms. The molecule has 5 aliphatic rings. The van der Waals surface area contributed by atoms with Gasteiger partial charge in [-0.1, -0.05) is 146 Å². The summed E-state index contributed by atoms with van der Waals surface area (Å²) in [4.78, 5) is 54.0. The highest BCUT2D eigenvalue weighted by Gasteiger charge is 2.30. The van der Waals surface area contributed by atoms with E-state index in [1.54, 1.807) is 89.1 Å². The van der Waals surface area contributed by atoms with E-state index < -0.39 is 11.9 Å². The number of halogens is 1. The van der Waals surface area contributed by atoms with Crippen LogP contribution in [0.2, 0.25) is 0 Å². The number of aliphatic hydroxyl groups excluding tert-OH is 1. The van der Waals surface area contributed by atoms with Crippen LogP contribution in [0.1, 0.15) is 128 Å². The summed E-state index contributed by atoms with van der Waals surface area (Å²) in [6, 6.07) is 66.5. The number of esters is 1. The molecule has 0 aromatic heterocycles. The lowest BCUT2D eigenvalue weighted by Crippen LogP contribution is -2.12. The standard InChI is InChI=1S/C17H16O2S.C15H12OS.C14H9FOS.C14H12O2S.C14H10O2S/c1-11-6-5-7-13-10-20-15-9-4-3-8-14(15)17(16(11)13)19-12(2)18;1-10-5-4-6-11-9-17-13-8-3-2-7-12(13)15(16)14(10)11;3*15-11-6-3-4-9-8-17-12-7-2-1-5-10(12)14(16)13(9)11/h3-9,17H,10H2,1-2H3;2-8H,9H2,1H3;1-7H,8H2;1-7,14-16H,8H2;1-7,15H,8H2. The van der Waals surface area contributed by atoms with Crippen LogP contribution in [-0.2, 0) is 38.3 Å². The van der Waals surface area contributed by atoms with Crippen LogP contribution in [0.25, 0.3) is 0 Å². The van der Waals surface area contributed by atoms with Gasteiger partial charge in [0, 0.05) is 99.1 Å². The molecule has 15 rings (SSSR count). The Bertz CT molecular complexity index is 4060. The minimum atomic E-state index is -0.739. The summed E-state index contributed by atoms with van der Waals surface area (Å²) < 4.78 is 19.4. The number of hydrogen-bond acceptors (Lipinski definition) is 13. The SMILES string of the molecule is CC(=O)OC1c2ccccc2SCc2cccc(C)c21.Cc1cccc2c1C(=O)c1ccccc1SC2.O=C1c2ccccc2SCc2cccc(F)c21.O=C1c2ccccc2SCc2cccc(O)c21.Oc1cccc2c1C(O)c1ccccc1SC2. The normalized spacial score (nSPS) is 15.3. The molecule has 0 radical (unpaired) electrons. The Hall–Kier alpha value is -8.08. The molecule has 14 heteroatoms. The van der Waals surface area contributed by atoms with Crippen molar-refractivity contribution in [3.8, 4) is 11.5 Å². The van der Waals surface area contributed by atoms with Crippen LogP contribution in [0.4, 0.5) is 4.39 Å². The van der Waals surface area contributed by atoms with Crippen molar-refractivity contribution < 1.29 is 43.6 Å². The van der Waals surface area contributed by atoms with Gasteiger partial charge in [0.15, 0.2) is 23.5 Å². The number of ketones is 3. The number of phenolic OH excluding ortho intramolecular Hbond substituents is 2. The molecule has 5 aliphatic heterocycles. The third-order valence-corrected chi connectivity index (χ3v) is 21.0. The molecule has 2 unspecified atom stereocenters. The van der Waals surface area contributed by atoms with Crippen molar-refractivity contribution >= 4 is 82.1 Å². The smallest absolute Gasteiger partial charge is 0.303 e. The van der Waals surface area contributed by atoms with Crippen LogP contribution in [0, 0.1) is 19.7 Å². The molecular weight excluding hydrogens is 1200 g/mol. The number of rotatable bonds is 1. The third kappa shape index (κ3) is 13.3. The van der Waals surface area contributed by atoms with E-state index in [4.69, 9.17) is 4.74 Å². The second-order valence-corrected chi connectivity index (χ2v) is 26.2. The summed E-state index contributed by atoms with van der Waals surface area (Å²) in [5.41, 5.74) is 14.7. The summed E-state index contributed by atoms with van der Waals surface area (Å²) in [5.74, 6) is 3.36. The minimum Gasteiger partial charge on any atom is -0.508 e. The van der Waals surface area contributed by atoms with Gasteiger partial charge in [-0.15, -0.1) is 58.8 Å². The Labute approximate surface area is 532 Å². The van der Waals surface area contributed by atoms with Gasteiger partial charge in [-0.2, -0.15) is 0 Å². The molecular formula is C74H59FO8S5. The molecule has 3 N–H and O–H groups in total. The van der Waals surface area contributed by atoms with E-state index in [1.165, 1.54) is 29.0 Å². The van der Waals surface area contributed by atoms with Crippen molar-refractivity contribution in [3.05, 3.63) is 313 Å². The van der Waals surface area contributed by atoms with Crippen LogP contribution in [0.3, 0.4) is 0 Å². The summed E-state index contributed by atoms with van der Waals surface area (Å²) in [6.07, 6.45) is -1.03. The second kappa shape index (κ2) is 28.0. The van der Waals surface area contributed by atoms with E-state index in [1.807, 2.05) is 146 Å². The Morgan fingerprint density at radius 2 is 0.784 bits per heavy atom. The highest BCUT2D eigenvalue weighted by atomic mass is 32.2. The number of aliphatic hydroxyl groups is 1. The Kier molecular flexibility index (Phi) is 19.6. The molecule has 10 aromatic carbocycles. The fourth-order valence-corrected chi connectivity index (χ4v) is 16.4. The first-order valence-corrected chi connectivity index (χ1v) is 33.3. The van der Waals surface area contributed by atoms with E-state index in [0.717, 1.165) is 92.5 Å². The lowest BCUT2D eigenvalue weighted by molar-refractivity contribution is -0.144. The van der Waals surface area contributed by atoms with E-state index in [-0.39, 0.29) is 46.5 Å². The second-order valence-electron chi connectivity index (χ2n) is 21.1. The minimum absolute atomic E-state index is 0.0739. The summed E-state index contributed by atoms with van der Waals surface area (Å²) in [5, 5.41) is 30.2. The number of thioether (sulfide) groups is 5. The van der Waals surface area contributed by atoms with Gasteiger partial charge in [-0.25, -0.2) is 4.39 Å². The summed E-state index contributed by atoms with van der Waals surface area (Å²) in [7, 11) is 0. The average molecular weight is 1260 g/mol. The summed E-state index contributed by atoms with van der Waals surface area (Å²) in [6.45, 7) is 5.56. The molecule has 0 spiro atoms. The van der Waals surface area contributed by atoms with E-state index in [9.17, 15) is 38.9 Å². The molecule has 2 atom stereocenters. The molecule has 0 aliphatic carbocycles. The predicted octanol–water partition coefficient (Wildman–Crippen LogP) is 18.1. The zero-order chi connectivity index (χ0) is 61.4. The fourth-order valence-electron chi connectivity index (χ4n) is 11.2. The maximum absolute atomic E-state index is 13.8. The number of hydrogen-bond donors (Lipinski definition) is 3. The first-order chi connectivity index (χ1) is 42.7. The van der Waals surface area contributed by atoms with Crippen molar-refractivity contribution in [2.75, 3.05) is 0 Å². The number of phenols is 2. The predicted molar refractivity (Wildman–Crippen MR) is 353 cm³/mol. The van der Waals surface area contributed by atoms with Gasteiger partial charge in [0.1, 0.15) is 23.4 Å². The van der Waals surface area contributed by atoms with Crippen LogP contribution in [0.5, 0.6) is 11.5 Å². The number of carbonyl (C=O) groups is 4. The Balaban J connectivity index is 0.000000114. The molecule has 5 heterocycles. The number of benzene rings is 10. The van der Waals surface area contributed by atoms with Gasteiger partial charge in [0.2, 0.25) is 0 Å². The first-order valence-electron chi connectivity index (χ1n) is 28.4. The molecule has 0 saturated carbocycles. The van der Waals surface area contributed by atoms with Crippen LogP contribution in [-0.4, -0.2) is 38.6 Å². The quantitative estimate of drug-likeness (QED) is 0.135. The molecule has 10 aromatic rings. The Morgan fingerprint density at radius 1 is 0.409 bits per heavy atom. The van der Waals surface area contributed by atoms with Crippen molar-refractivity contribution in [1.29, 1.82) is 0 Å². The van der Waals surface area contributed by atoms with Crippen molar-refractivity contribution in [2.45, 2.75) is 86.2 Å². The van der Waals surface area contributed by atoms with E-state index in [2.05, 4.69) is 43.3 Å². The molecule has 0 saturated heterocycles. The van der Waals surface area contributed by atoms with E-state index >= 15 is 0 Å². The molecule has 440 valence electrons. The highest BCUT2D eigenvalue weighted by Crippen LogP contribution is 2.45. The van der Waals surface area contributed by atoms with Gasteiger partial charge in [-0.3, -0.25) is 19.2 Å². The van der Waals surface area contributed by atoms with Gasteiger partial charge < -0.3 is 20.1 Å². The number of aromatic hydroxyl groups is 2. The number of ether oxygens (including phenoxy) is 1. The van der Waals surface area contributed by atoms with E-state index in [0.29, 0.717) is 33.8 Å². The number of aryl methyl sites for hydroxylation is 2. The van der Waals surface area contributed by atoms with Crippen molar-refractivity contribution in [3.63, 3.8) is 0 Å². The third-order valence-electron chi connectivity index (χ3n) is 15.4. The topological polar surface area (TPSA) is 138 Å². The maximum atomic E-state index is 13.8. The Morgan fingerprint density at radius 3 is 1.34 bits per heavy atom. The lowest BCUT2D eigenvalue weighted by Gasteiger charge is -2.21. The lowest BCUT2D eigenvalue weighted by atomic mass is 9.93. The largest absolute Gasteiger partial charge is 0.508 e.